The smallest absolute Gasteiger partial charge is 0.133 e. The quantitative estimate of drug-likeness (QED) is 0.735. The molecule has 18 heavy (non-hydrogen) atoms. The van der Waals surface area contributed by atoms with E-state index in [0.717, 1.165) is 44.1 Å². The third kappa shape index (κ3) is 3.16. The second-order valence-corrected chi connectivity index (χ2v) is 4.32. The molecule has 0 aliphatic heterocycles. The van der Waals surface area contributed by atoms with Gasteiger partial charge in [-0.25, -0.2) is 4.98 Å². The van der Waals surface area contributed by atoms with Crippen LogP contribution in [0.1, 0.15) is 25.0 Å². The van der Waals surface area contributed by atoms with Gasteiger partial charge in [0.15, 0.2) is 0 Å². The Hall–Kier alpha value is -1.69. The summed E-state index contributed by atoms with van der Waals surface area (Å²) in [4.78, 5) is 4.35. The highest BCUT2D eigenvalue weighted by molar-refractivity contribution is 4.92. The van der Waals surface area contributed by atoms with E-state index < -0.39 is 0 Å². The van der Waals surface area contributed by atoms with Gasteiger partial charge in [-0.3, -0.25) is 0 Å². The van der Waals surface area contributed by atoms with E-state index in [9.17, 15) is 0 Å². The van der Waals surface area contributed by atoms with E-state index in [2.05, 4.69) is 32.0 Å². The summed E-state index contributed by atoms with van der Waals surface area (Å²) in [5.41, 5.74) is 0. The topological polar surface area (TPSA) is 60.6 Å². The van der Waals surface area contributed by atoms with E-state index in [1.165, 1.54) is 0 Å². The van der Waals surface area contributed by atoms with Crippen molar-refractivity contribution in [2.75, 3.05) is 6.54 Å². The number of nitrogens with zero attached hydrogens (tertiary/aromatic N) is 5. The van der Waals surface area contributed by atoms with Gasteiger partial charge in [0.25, 0.3) is 0 Å². The molecule has 2 heterocycles. The Balaban J connectivity index is 1.75. The maximum atomic E-state index is 4.35. The third-order valence-corrected chi connectivity index (χ3v) is 2.88. The van der Waals surface area contributed by atoms with Gasteiger partial charge in [-0.2, -0.15) is 0 Å². The van der Waals surface area contributed by atoms with Crippen LogP contribution in [0.5, 0.6) is 0 Å². The van der Waals surface area contributed by atoms with Crippen molar-refractivity contribution < 1.29 is 0 Å². The Bertz CT molecular complexity index is 472. The SMILES string of the molecule is CCCn1ccnc1CNCCc1nncn1C. The number of rotatable bonds is 7. The molecule has 2 aromatic rings. The van der Waals surface area contributed by atoms with Gasteiger partial charge in [-0.1, -0.05) is 6.92 Å². The summed E-state index contributed by atoms with van der Waals surface area (Å²) in [5.74, 6) is 2.09. The molecule has 0 aliphatic carbocycles. The molecule has 6 heteroatoms. The Kier molecular flexibility index (Phi) is 4.46. The molecule has 0 fully saturated rings. The van der Waals surface area contributed by atoms with Gasteiger partial charge in [0, 0.05) is 39.0 Å². The first-order chi connectivity index (χ1) is 8.81. The molecule has 0 aromatic carbocycles. The summed E-state index contributed by atoms with van der Waals surface area (Å²) in [6, 6.07) is 0. The number of nitrogens with one attached hydrogen (secondary N) is 1. The molecule has 2 aromatic heterocycles. The van der Waals surface area contributed by atoms with E-state index in [4.69, 9.17) is 0 Å². The zero-order valence-corrected chi connectivity index (χ0v) is 11.0. The Morgan fingerprint density at radius 2 is 2.22 bits per heavy atom. The van der Waals surface area contributed by atoms with Crippen molar-refractivity contribution in [2.24, 2.45) is 7.05 Å². The maximum Gasteiger partial charge on any atom is 0.133 e. The zero-order valence-electron chi connectivity index (χ0n) is 11.0. The lowest BCUT2D eigenvalue weighted by Crippen LogP contribution is -2.20. The normalized spacial score (nSPS) is 11.0. The predicted octanol–water partition coefficient (Wildman–Crippen LogP) is 0.754. The average molecular weight is 248 g/mol. The lowest BCUT2D eigenvalue weighted by molar-refractivity contribution is 0.582. The lowest BCUT2D eigenvalue weighted by Gasteiger charge is -2.07. The predicted molar refractivity (Wildman–Crippen MR) is 68.9 cm³/mol. The minimum atomic E-state index is 0.796. The number of aryl methyl sites for hydroxylation is 2. The van der Waals surface area contributed by atoms with Crippen LogP contribution < -0.4 is 5.32 Å². The molecule has 6 nitrogen and oxygen atoms in total. The van der Waals surface area contributed by atoms with Crippen LogP contribution >= 0.6 is 0 Å². The molecule has 0 atom stereocenters. The van der Waals surface area contributed by atoms with E-state index in [-0.39, 0.29) is 0 Å². The fraction of sp³-hybridized carbons (Fsp3) is 0.583. The molecule has 0 amide bonds. The third-order valence-electron chi connectivity index (χ3n) is 2.88. The highest BCUT2D eigenvalue weighted by Gasteiger charge is 2.03. The number of hydrogen-bond acceptors (Lipinski definition) is 4. The van der Waals surface area contributed by atoms with Crippen LogP contribution in [0.25, 0.3) is 0 Å². The van der Waals surface area contributed by atoms with Crippen LogP contribution in [-0.2, 0) is 26.6 Å². The van der Waals surface area contributed by atoms with Gasteiger partial charge in [-0.15, -0.1) is 10.2 Å². The maximum absolute atomic E-state index is 4.35. The van der Waals surface area contributed by atoms with Crippen LogP contribution in [0.3, 0.4) is 0 Å². The molecule has 98 valence electrons. The Labute approximate surface area is 107 Å². The van der Waals surface area contributed by atoms with Crippen molar-refractivity contribution in [3.8, 4) is 0 Å². The second kappa shape index (κ2) is 6.30. The van der Waals surface area contributed by atoms with Gasteiger partial charge in [0.05, 0.1) is 6.54 Å². The fourth-order valence-electron chi connectivity index (χ4n) is 1.89. The number of aromatic nitrogens is 5. The Morgan fingerprint density at radius 1 is 1.33 bits per heavy atom. The van der Waals surface area contributed by atoms with Crippen LogP contribution in [-0.4, -0.2) is 30.9 Å². The minimum absolute atomic E-state index is 0.796. The van der Waals surface area contributed by atoms with Crippen LogP contribution in [0.4, 0.5) is 0 Å². The highest BCUT2D eigenvalue weighted by atomic mass is 15.2. The monoisotopic (exact) mass is 248 g/mol. The van der Waals surface area contributed by atoms with Crippen molar-refractivity contribution in [2.45, 2.75) is 32.9 Å². The van der Waals surface area contributed by atoms with Crippen LogP contribution in [0.15, 0.2) is 18.7 Å². The molecular formula is C12H20N6. The summed E-state index contributed by atoms with van der Waals surface area (Å²) >= 11 is 0. The molecule has 2 rings (SSSR count). The van der Waals surface area contributed by atoms with E-state index in [1.807, 2.05) is 24.0 Å². The molecular weight excluding hydrogens is 228 g/mol. The Morgan fingerprint density at radius 3 is 2.94 bits per heavy atom. The fourth-order valence-corrected chi connectivity index (χ4v) is 1.89. The summed E-state index contributed by atoms with van der Waals surface area (Å²) in [7, 11) is 1.96. The highest BCUT2D eigenvalue weighted by Crippen LogP contribution is 1.99. The molecule has 0 radical (unpaired) electrons. The first kappa shape index (κ1) is 12.8. The average Bonchev–Trinajstić information content (AvgIpc) is 2.95. The molecule has 0 aliphatic rings. The van der Waals surface area contributed by atoms with Crippen molar-refractivity contribution in [3.05, 3.63) is 30.4 Å². The van der Waals surface area contributed by atoms with E-state index in [0.29, 0.717) is 0 Å². The zero-order chi connectivity index (χ0) is 12.8. The van der Waals surface area contributed by atoms with E-state index in [1.54, 1.807) is 6.33 Å². The molecule has 1 N–H and O–H groups in total. The first-order valence-electron chi connectivity index (χ1n) is 6.35. The van der Waals surface area contributed by atoms with Crippen LogP contribution in [0.2, 0.25) is 0 Å². The van der Waals surface area contributed by atoms with Gasteiger partial charge < -0.3 is 14.5 Å². The molecule has 0 saturated heterocycles. The van der Waals surface area contributed by atoms with Crippen molar-refractivity contribution in [1.82, 2.24) is 29.6 Å². The standard InChI is InChI=1S/C12H20N6/c1-3-7-18-8-6-14-12(18)9-13-5-4-11-16-15-10-17(11)2/h6,8,10,13H,3-5,7,9H2,1-2H3. The molecule has 0 saturated carbocycles. The van der Waals surface area contributed by atoms with Gasteiger partial charge in [0.1, 0.15) is 18.0 Å². The van der Waals surface area contributed by atoms with Crippen molar-refractivity contribution >= 4 is 0 Å². The van der Waals surface area contributed by atoms with Crippen LogP contribution in [0, 0.1) is 0 Å². The number of hydrogen-bond donors (Lipinski definition) is 1. The van der Waals surface area contributed by atoms with Gasteiger partial charge in [0.2, 0.25) is 0 Å². The van der Waals surface area contributed by atoms with Gasteiger partial charge in [-0.05, 0) is 6.42 Å². The summed E-state index contributed by atoms with van der Waals surface area (Å²) < 4.78 is 4.13. The summed E-state index contributed by atoms with van der Waals surface area (Å²) in [6.07, 6.45) is 7.62. The summed E-state index contributed by atoms with van der Waals surface area (Å²) in [6.45, 7) is 4.88. The number of imidazole rings is 1. The molecule has 0 bridgehead atoms. The first-order valence-corrected chi connectivity index (χ1v) is 6.35. The van der Waals surface area contributed by atoms with Crippen molar-refractivity contribution in [3.63, 3.8) is 0 Å². The van der Waals surface area contributed by atoms with Gasteiger partial charge >= 0.3 is 0 Å². The molecule has 0 spiro atoms. The van der Waals surface area contributed by atoms with Crippen molar-refractivity contribution in [1.29, 1.82) is 0 Å². The molecule has 0 unspecified atom stereocenters. The largest absolute Gasteiger partial charge is 0.334 e. The second-order valence-electron chi connectivity index (χ2n) is 4.32. The minimum Gasteiger partial charge on any atom is -0.334 e. The van der Waals surface area contributed by atoms with E-state index >= 15 is 0 Å². The summed E-state index contributed by atoms with van der Waals surface area (Å²) in [5, 5.41) is 11.3. The lowest BCUT2D eigenvalue weighted by atomic mass is 10.4.